The highest BCUT2D eigenvalue weighted by atomic mass is 16.5. The molecule has 0 N–H and O–H groups in total. The van der Waals surface area contributed by atoms with Crippen LogP contribution in [0.2, 0.25) is 0 Å². The van der Waals surface area contributed by atoms with Crippen LogP contribution in [0.3, 0.4) is 0 Å². The summed E-state index contributed by atoms with van der Waals surface area (Å²) < 4.78 is 10.1. The van der Waals surface area contributed by atoms with Crippen LogP contribution in [-0.2, 0) is 0 Å². The van der Waals surface area contributed by atoms with E-state index >= 15 is 0 Å². The highest BCUT2D eigenvalue weighted by Crippen LogP contribution is 2.22. The van der Waals surface area contributed by atoms with Crippen molar-refractivity contribution in [1.82, 2.24) is 10.1 Å². The molecule has 1 radical (unpaired) electrons. The van der Waals surface area contributed by atoms with Crippen molar-refractivity contribution in [2.45, 2.75) is 0 Å². The quantitative estimate of drug-likeness (QED) is 0.583. The molecule has 0 unspecified atom stereocenters. The zero-order chi connectivity index (χ0) is 9.38. The minimum atomic E-state index is 0.479. The summed E-state index contributed by atoms with van der Waals surface area (Å²) in [7, 11) is 0. The Labute approximate surface area is 79.1 Å². The van der Waals surface area contributed by atoms with Crippen LogP contribution >= 0.6 is 0 Å². The average molecular weight is 185 g/mol. The minimum Gasteiger partial charge on any atom is -0.436 e. The van der Waals surface area contributed by atoms with E-state index in [0.29, 0.717) is 11.5 Å². The normalized spacial score (nSPS) is 10.9. The number of nitrogens with zero attached hydrogens (tertiary/aromatic N) is 2. The van der Waals surface area contributed by atoms with Crippen LogP contribution in [0.4, 0.5) is 0 Å². The number of oxazole rings is 1. The third-order valence-corrected chi connectivity index (χ3v) is 1.91. The maximum Gasteiger partial charge on any atom is 0.232 e. The van der Waals surface area contributed by atoms with E-state index in [1.165, 1.54) is 6.26 Å². The van der Waals surface area contributed by atoms with Gasteiger partial charge in [-0.15, -0.1) is 0 Å². The van der Waals surface area contributed by atoms with Crippen molar-refractivity contribution in [3.05, 3.63) is 36.7 Å². The summed E-state index contributed by atoms with van der Waals surface area (Å²) in [6.07, 6.45) is 4.09. The van der Waals surface area contributed by atoms with E-state index in [2.05, 4.69) is 20.9 Å². The first-order valence-electron chi connectivity index (χ1n) is 4.11. The molecule has 0 saturated carbocycles. The number of benzene rings is 1. The second kappa shape index (κ2) is 2.70. The number of hydrogen-bond donors (Lipinski definition) is 0. The van der Waals surface area contributed by atoms with Crippen LogP contribution in [0, 0.1) is 6.20 Å². The zero-order valence-corrected chi connectivity index (χ0v) is 7.10. The van der Waals surface area contributed by atoms with Crippen molar-refractivity contribution >= 4 is 11.1 Å². The topological polar surface area (TPSA) is 52.1 Å². The molecule has 0 fully saturated rings. The number of fused-ring (bicyclic) bond motifs is 1. The summed E-state index contributed by atoms with van der Waals surface area (Å²) in [5, 5.41) is 3.47. The van der Waals surface area contributed by atoms with E-state index in [4.69, 9.17) is 4.42 Å². The SMILES string of the molecule is [c]1nocc1-c1nc2ccccc2o1. The molecule has 0 aliphatic heterocycles. The summed E-state index contributed by atoms with van der Waals surface area (Å²) in [5.74, 6) is 0.479. The van der Waals surface area contributed by atoms with Crippen LogP contribution in [-0.4, -0.2) is 10.1 Å². The Kier molecular flexibility index (Phi) is 1.41. The first-order valence-corrected chi connectivity index (χ1v) is 4.11. The number of hydrogen-bond acceptors (Lipinski definition) is 4. The van der Waals surface area contributed by atoms with Gasteiger partial charge in [-0.25, -0.2) is 4.98 Å². The zero-order valence-electron chi connectivity index (χ0n) is 7.10. The van der Waals surface area contributed by atoms with Crippen molar-refractivity contribution in [2.24, 2.45) is 0 Å². The van der Waals surface area contributed by atoms with Crippen molar-refractivity contribution < 1.29 is 8.94 Å². The Morgan fingerprint density at radius 2 is 2.14 bits per heavy atom. The van der Waals surface area contributed by atoms with Gasteiger partial charge in [0.2, 0.25) is 5.89 Å². The monoisotopic (exact) mass is 185 g/mol. The molecule has 2 heterocycles. The molecule has 14 heavy (non-hydrogen) atoms. The van der Waals surface area contributed by atoms with Crippen molar-refractivity contribution in [3.63, 3.8) is 0 Å². The molecule has 0 saturated heterocycles. The van der Waals surface area contributed by atoms with E-state index in [1.54, 1.807) is 0 Å². The van der Waals surface area contributed by atoms with Gasteiger partial charge in [0, 0.05) is 0 Å². The predicted octanol–water partition coefficient (Wildman–Crippen LogP) is 2.28. The largest absolute Gasteiger partial charge is 0.436 e. The Morgan fingerprint density at radius 1 is 1.21 bits per heavy atom. The van der Waals surface area contributed by atoms with Gasteiger partial charge in [-0.3, -0.25) is 0 Å². The van der Waals surface area contributed by atoms with Crippen LogP contribution in [0.1, 0.15) is 0 Å². The molecule has 67 valence electrons. The van der Waals surface area contributed by atoms with Gasteiger partial charge in [0.15, 0.2) is 5.58 Å². The molecule has 0 aliphatic carbocycles. The number of aromatic nitrogens is 2. The molecule has 0 bridgehead atoms. The molecule has 1 aromatic carbocycles. The van der Waals surface area contributed by atoms with Crippen LogP contribution < -0.4 is 0 Å². The molecule has 3 aromatic rings. The molecule has 0 aliphatic rings. The Morgan fingerprint density at radius 3 is 2.93 bits per heavy atom. The highest BCUT2D eigenvalue weighted by Gasteiger charge is 2.09. The lowest BCUT2D eigenvalue weighted by atomic mass is 10.3. The van der Waals surface area contributed by atoms with E-state index in [-0.39, 0.29) is 0 Å². The minimum absolute atomic E-state index is 0.479. The van der Waals surface area contributed by atoms with Crippen molar-refractivity contribution in [1.29, 1.82) is 0 Å². The Balaban J connectivity index is 2.24. The van der Waals surface area contributed by atoms with Gasteiger partial charge >= 0.3 is 0 Å². The molecular weight excluding hydrogens is 180 g/mol. The maximum atomic E-state index is 5.47. The highest BCUT2D eigenvalue weighted by molar-refractivity contribution is 5.75. The van der Waals surface area contributed by atoms with E-state index in [0.717, 1.165) is 11.1 Å². The van der Waals surface area contributed by atoms with E-state index < -0.39 is 0 Å². The lowest BCUT2D eigenvalue weighted by molar-refractivity contribution is 0.418. The molecule has 0 atom stereocenters. The molecule has 4 heteroatoms. The van der Waals surface area contributed by atoms with Gasteiger partial charge in [-0.1, -0.05) is 17.3 Å². The lowest BCUT2D eigenvalue weighted by Crippen LogP contribution is -1.70. The fourth-order valence-electron chi connectivity index (χ4n) is 1.27. The Hall–Kier alpha value is -2.10. The van der Waals surface area contributed by atoms with Gasteiger partial charge in [0.25, 0.3) is 0 Å². The average Bonchev–Trinajstić information content (AvgIpc) is 2.86. The maximum absolute atomic E-state index is 5.47. The summed E-state index contributed by atoms with van der Waals surface area (Å²) in [5.41, 5.74) is 2.19. The molecule has 0 spiro atoms. The molecule has 3 rings (SSSR count). The summed E-state index contributed by atoms with van der Waals surface area (Å²) in [4.78, 5) is 4.26. The number of para-hydroxylation sites is 2. The first-order chi connectivity index (χ1) is 6.93. The standard InChI is InChI=1S/C10H5N2O2/c1-2-4-9-8(3-1)12-10(14-9)7-5-11-13-6-7/h1-4,6H. The lowest BCUT2D eigenvalue weighted by Gasteiger charge is -1.81. The van der Waals surface area contributed by atoms with Crippen molar-refractivity contribution in [3.8, 4) is 11.5 Å². The smallest absolute Gasteiger partial charge is 0.232 e. The molecule has 4 nitrogen and oxygen atoms in total. The summed E-state index contributed by atoms with van der Waals surface area (Å²) in [6.45, 7) is 0. The third-order valence-electron chi connectivity index (χ3n) is 1.91. The molecular formula is C10H5N2O2. The predicted molar refractivity (Wildman–Crippen MR) is 48.3 cm³/mol. The summed E-state index contributed by atoms with van der Waals surface area (Å²) in [6, 6.07) is 7.55. The fraction of sp³-hybridized carbons (Fsp3) is 0. The van der Waals surface area contributed by atoms with E-state index in [1.807, 2.05) is 24.3 Å². The second-order valence-electron chi connectivity index (χ2n) is 2.83. The second-order valence-corrected chi connectivity index (χ2v) is 2.83. The fourth-order valence-corrected chi connectivity index (χ4v) is 1.27. The van der Waals surface area contributed by atoms with Gasteiger partial charge in [-0.05, 0) is 12.1 Å². The molecule has 0 amide bonds. The van der Waals surface area contributed by atoms with Gasteiger partial charge in [-0.2, -0.15) is 0 Å². The van der Waals surface area contributed by atoms with E-state index in [9.17, 15) is 0 Å². The first kappa shape index (κ1) is 7.32. The van der Waals surface area contributed by atoms with Crippen LogP contribution in [0.5, 0.6) is 0 Å². The van der Waals surface area contributed by atoms with Crippen LogP contribution in [0.15, 0.2) is 39.5 Å². The Bertz CT molecular complexity index is 521. The van der Waals surface area contributed by atoms with Crippen LogP contribution in [0.25, 0.3) is 22.6 Å². The van der Waals surface area contributed by atoms with Crippen molar-refractivity contribution in [2.75, 3.05) is 0 Å². The number of rotatable bonds is 1. The van der Waals surface area contributed by atoms with Gasteiger partial charge in [0.05, 0.1) is 0 Å². The third kappa shape index (κ3) is 1.01. The van der Waals surface area contributed by atoms with Gasteiger partial charge in [0.1, 0.15) is 23.5 Å². The molecule has 2 aromatic heterocycles. The van der Waals surface area contributed by atoms with Gasteiger partial charge < -0.3 is 8.94 Å². The summed E-state index contributed by atoms with van der Waals surface area (Å²) >= 11 is 0.